The molecule has 9 heteroatoms. The number of nitrogens with zero attached hydrogens (tertiary/aromatic N) is 3. The normalized spacial score (nSPS) is 16.9. The van der Waals surface area contributed by atoms with Crippen molar-refractivity contribution in [2.24, 2.45) is 7.05 Å². The molecule has 1 saturated heterocycles. The predicted molar refractivity (Wildman–Crippen MR) is 115 cm³/mol. The monoisotopic (exact) mass is 444 g/mol. The lowest BCUT2D eigenvalue weighted by atomic mass is 10.0. The fourth-order valence-electron chi connectivity index (χ4n) is 4.32. The van der Waals surface area contributed by atoms with E-state index in [1.807, 2.05) is 6.07 Å². The van der Waals surface area contributed by atoms with Gasteiger partial charge < -0.3 is 10.2 Å². The number of piperidine rings is 1. The number of hydrogen-bond donors (Lipinski definition) is 1. The Morgan fingerprint density at radius 2 is 1.90 bits per heavy atom. The SMILES string of the molecule is Cn1cc(C(=O)NC2CCN(C(=O)CCS(=O)(=O)c3ccc4c(c3)CCC4)CC2)cn1. The first-order chi connectivity index (χ1) is 14.8. The number of sulfone groups is 1. The number of nitrogens with one attached hydrogen (secondary N) is 1. The molecule has 0 spiro atoms. The molecule has 1 aliphatic heterocycles. The Bertz CT molecular complexity index is 1080. The number of likely N-dealkylation sites (tertiary alicyclic amines) is 1. The van der Waals surface area contributed by atoms with Crippen LogP contribution in [0.15, 0.2) is 35.5 Å². The molecule has 31 heavy (non-hydrogen) atoms. The van der Waals surface area contributed by atoms with Crippen LogP contribution in [0.1, 0.15) is 47.2 Å². The van der Waals surface area contributed by atoms with E-state index in [0.717, 1.165) is 24.8 Å². The molecule has 4 rings (SSSR count). The van der Waals surface area contributed by atoms with Crippen LogP contribution in [0.2, 0.25) is 0 Å². The summed E-state index contributed by atoms with van der Waals surface area (Å²) in [7, 11) is -1.73. The Morgan fingerprint density at radius 1 is 1.16 bits per heavy atom. The summed E-state index contributed by atoms with van der Waals surface area (Å²) < 4.78 is 27.0. The number of fused-ring (bicyclic) bond motifs is 1. The number of hydrogen-bond acceptors (Lipinski definition) is 5. The minimum atomic E-state index is -3.48. The summed E-state index contributed by atoms with van der Waals surface area (Å²) in [6.07, 6.45) is 7.45. The van der Waals surface area contributed by atoms with Crippen molar-refractivity contribution in [3.8, 4) is 0 Å². The second-order valence-electron chi connectivity index (χ2n) is 8.38. The largest absolute Gasteiger partial charge is 0.349 e. The first kappa shape index (κ1) is 21.5. The molecule has 166 valence electrons. The number of aryl methyl sites for hydroxylation is 3. The highest BCUT2D eigenvalue weighted by Gasteiger charge is 2.26. The van der Waals surface area contributed by atoms with Crippen molar-refractivity contribution in [3.05, 3.63) is 47.3 Å². The van der Waals surface area contributed by atoms with Gasteiger partial charge >= 0.3 is 0 Å². The van der Waals surface area contributed by atoms with E-state index in [4.69, 9.17) is 0 Å². The van der Waals surface area contributed by atoms with E-state index in [1.165, 1.54) is 11.8 Å². The summed E-state index contributed by atoms with van der Waals surface area (Å²) in [5.74, 6) is -0.498. The smallest absolute Gasteiger partial charge is 0.254 e. The lowest BCUT2D eigenvalue weighted by molar-refractivity contribution is -0.131. The lowest BCUT2D eigenvalue weighted by Gasteiger charge is -2.32. The molecule has 1 aromatic heterocycles. The van der Waals surface area contributed by atoms with E-state index in [-0.39, 0.29) is 30.0 Å². The minimum Gasteiger partial charge on any atom is -0.349 e. The summed E-state index contributed by atoms with van der Waals surface area (Å²) in [6, 6.07) is 5.34. The van der Waals surface area contributed by atoms with Crippen LogP contribution >= 0.6 is 0 Å². The minimum absolute atomic E-state index is 0.00750. The van der Waals surface area contributed by atoms with Crippen LogP contribution in [0.25, 0.3) is 0 Å². The third-order valence-electron chi connectivity index (χ3n) is 6.16. The summed E-state index contributed by atoms with van der Waals surface area (Å²) in [6.45, 7) is 1.02. The molecule has 1 fully saturated rings. The van der Waals surface area contributed by atoms with Crippen LogP contribution in [-0.4, -0.2) is 59.8 Å². The zero-order valence-corrected chi connectivity index (χ0v) is 18.5. The molecule has 2 heterocycles. The summed E-state index contributed by atoms with van der Waals surface area (Å²) in [5, 5.41) is 6.98. The van der Waals surface area contributed by atoms with Crippen molar-refractivity contribution in [1.82, 2.24) is 20.0 Å². The maximum absolute atomic E-state index is 12.7. The third-order valence-corrected chi connectivity index (χ3v) is 7.88. The van der Waals surface area contributed by atoms with E-state index in [9.17, 15) is 18.0 Å². The van der Waals surface area contributed by atoms with Gasteiger partial charge in [-0.05, 0) is 55.4 Å². The van der Waals surface area contributed by atoms with Crippen molar-refractivity contribution >= 4 is 21.7 Å². The quantitative estimate of drug-likeness (QED) is 0.728. The average molecular weight is 445 g/mol. The highest BCUT2D eigenvalue weighted by molar-refractivity contribution is 7.91. The molecular formula is C22H28N4O4S. The number of aromatic nitrogens is 2. The Kier molecular flexibility index (Phi) is 6.13. The summed E-state index contributed by atoms with van der Waals surface area (Å²) in [5.41, 5.74) is 2.86. The van der Waals surface area contributed by atoms with Crippen molar-refractivity contribution < 1.29 is 18.0 Å². The molecule has 2 amide bonds. The predicted octanol–water partition coefficient (Wildman–Crippen LogP) is 1.49. The van der Waals surface area contributed by atoms with Crippen molar-refractivity contribution in [2.75, 3.05) is 18.8 Å². The Labute approximate surface area is 182 Å². The van der Waals surface area contributed by atoms with Gasteiger partial charge in [-0.1, -0.05) is 6.07 Å². The van der Waals surface area contributed by atoms with Gasteiger partial charge in [0.25, 0.3) is 5.91 Å². The molecule has 0 atom stereocenters. The van der Waals surface area contributed by atoms with E-state index in [2.05, 4.69) is 10.4 Å². The topological polar surface area (TPSA) is 101 Å². The fourth-order valence-corrected chi connectivity index (χ4v) is 5.60. The molecule has 1 aliphatic carbocycles. The molecule has 0 radical (unpaired) electrons. The molecule has 0 bridgehead atoms. The van der Waals surface area contributed by atoms with Crippen LogP contribution < -0.4 is 5.32 Å². The standard InChI is InChI=1S/C22H28N4O4S/c1-25-15-18(14-23-25)22(28)24-19-7-10-26(11-8-19)21(27)9-12-31(29,30)20-6-5-16-3-2-4-17(16)13-20/h5-6,13-15,19H,2-4,7-12H2,1H3,(H,24,28). The Balaban J connectivity index is 1.26. The maximum atomic E-state index is 12.7. The van der Waals surface area contributed by atoms with E-state index in [0.29, 0.717) is 36.4 Å². The zero-order chi connectivity index (χ0) is 22.0. The molecule has 2 aliphatic rings. The van der Waals surface area contributed by atoms with E-state index in [1.54, 1.807) is 35.0 Å². The van der Waals surface area contributed by atoms with Gasteiger partial charge in [0.2, 0.25) is 5.91 Å². The third kappa shape index (κ3) is 4.98. The summed E-state index contributed by atoms with van der Waals surface area (Å²) >= 11 is 0. The first-order valence-electron chi connectivity index (χ1n) is 10.7. The van der Waals surface area contributed by atoms with Crippen molar-refractivity contribution in [2.45, 2.75) is 49.5 Å². The van der Waals surface area contributed by atoms with Crippen LogP contribution in [0.3, 0.4) is 0 Å². The van der Waals surface area contributed by atoms with Crippen LogP contribution in [-0.2, 0) is 34.5 Å². The van der Waals surface area contributed by atoms with Gasteiger partial charge in [-0.3, -0.25) is 14.3 Å². The molecule has 1 aromatic carbocycles. The molecule has 0 saturated carbocycles. The average Bonchev–Trinajstić information content (AvgIpc) is 3.41. The number of amides is 2. The molecular weight excluding hydrogens is 416 g/mol. The molecule has 8 nitrogen and oxygen atoms in total. The van der Waals surface area contributed by atoms with Gasteiger partial charge in [-0.25, -0.2) is 8.42 Å². The summed E-state index contributed by atoms with van der Waals surface area (Å²) in [4.78, 5) is 26.8. The van der Waals surface area contributed by atoms with E-state index >= 15 is 0 Å². The molecule has 0 unspecified atom stereocenters. The number of carbonyl (C=O) groups is 2. The number of rotatable bonds is 6. The van der Waals surface area contributed by atoms with Gasteiger partial charge in [0.1, 0.15) is 0 Å². The Hall–Kier alpha value is -2.68. The van der Waals surface area contributed by atoms with Gasteiger partial charge in [-0.15, -0.1) is 0 Å². The van der Waals surface area contributed by atoms with E-state index < -0.39 is 9.84 Å². The van der Waals surface area contributed by atoms with Crippen LogP contribution in [0.5, 0.6) is 0 Å². The fraction of sp³-hybridized carbons (Fsp3) is 0.500. The van der Waals surface area contributed by atoms with Gasteiger partial charge in [0.15, 0.2) is 9.84 Å². The van der Waals surface area contributed by atoms with Gasteiger partial charge in [0, 0.05) is 38.8 Å². The Morgan fingerprint density at radius 3 is 2.61 bits per heavy atom. The zero-order valence-electron chi connectivity index (χ0n) is 17.7. The number of carbonyl (C=O) groups excluding carboxylic acids is 2. The maximum Gasteiger partial charge on any atom is 0.254 e. The first-order valence-corrected chi connectivity index (χ1v) is 12.4. The van der Waals surface area contributed by atoms with Crippen molar-refractivity contribution in [1.29, 1.82) is 0 Å². The van der Waals surface area contributed by atoms with Crippen LogP contribution in [0.4, 0.5) is 0 Å². The van der Waals surface area contributed by atoms with Gasteiger partial charge in [-0.2, -0.15) is 5.10 Å². The van der Waals surface area contributed by atoms with Crippen LogP contribution in [0, 0.1) is 0 Å². The van der Waals surface area contributed by atoms with Crippen molar-refractivity contribution in [3.63, 3.8) is 0 Å². The lowest BCUT2D eigenvalue weighted by Crippen LogP contribution is -2.46. The molecule has 1 N–H and O–H groups in total. The highest BCUT2D eigenvalue weighted by Crippen LogP contribution is 2.25. The number of benzene rings is 1. The second kappa shape index (κ2) is 8.82. The molecule has 2 aromatic rings. The highest BCUT2D eigenvalue weighted by atomic mass is 32.2. The van der Waals surface area contributed by atoms with Gasteiger partial charge in [0.05, 0.1) is 22.4 Å². The second-order valence-corrected chi connectivity index (χ2v) is 10.5.